The van der Waals surface area contributed by atoms with Crippen LogP contribution >= 0.6 is 22.9 Å². The molecule has 5 N–H and O–H groups in total. The van der Waals surface area contributed by atoms with Crippen LogP contribution in [0, 0.1) is 26.6 Å². The number of aliphatic imine (C=N–C) groups is 1. The first-order chi connectivity index (χ1) is 29.0. The monoisotopic (exact) mass is 859 g/mol. The van der Waals surface area contributed by atoms with Crippen molar-refractivity contribution in [3.63, 3.8) is 0 Å². The molecule has 2 amide bonds. The second-order valence-corrected chi connectivity index (χ2v) is 15.5. The van der Waals surface area contributed by atoms with Crippen molar-refractivity contribution in [2.24, 2.45) is 4.99 Å². The summed E-state index contributed by atoms with van der Waals surface area (Å²) < 4.78 is 33.7. The minimum atomic E-state index is -0.586. The van der Waals surface area contributed by atoms with E-state index in [0.717, 1.165) is 38.1 Å². The number of anilines is 1. The van der Waals surface area contributed by atoms with Gasteiger partial charge in [-0.2, -0.15) is 4.98 Å². The highest BCUT2D eigenvalue weighted by Crippen LogP contribution is 2.39. The number of nitrogens with zero attached hydrogens (tertiary/aromatic N) is 7. The average molecular weight is 860 g/mol. The number of rotatable bonds is 18. The molecule has 1 atom stereocenters. The predicted octanol–water partition coefficient (Wildman–Crippen LogP) is 3.99. The lowest BCUT2D eigenvalue weighted by Gasteiger charge is -2.13. The molecule has 0 saturated carbocycles. The number of nitrogen functional groups attached to an aromatic ring is 1. The molecular weight excluding hydrogens is 817 g/mol. The van der Waals surface area contributed by atoms with Gasteiger partial charge in [0.05, 0.1) is 58.3 Å². The molecule has 4 aromatic heterocycles. The normalized spacial score (nSPS) is 13.5. The second kappa shape index (κ2) is 19.0. The van der Waals surface area contributed by atoms with Gasteiger partial charge in [-0.05, 0) is 56.2 Å². The lowest BCUT2D eigenvalue weighted by atomic mass is 9.99. The molecule has 1 aliphatic heterocycles. The molecule has 1 aliphatic rings. The zero-order valence-electron chi connectivity index (χ0n) is 33.1. The van der Waals surface area contributed by atoms with Gasteiger partial charge in [0.15, 0.2) is 17.0 Å². The van der Waals surface area contributed by atoms with Crippen LogP contribution in [0.2, 0.25) is 5.02 Å². The van der Waals surface area contributed by atoms with Gasteiger partial charge in [-0.25, -0.2) is 9.37 Å². The van der Waals surface area contributed by atoms with Crippen LogP contribution in [0.3, 0.4) is 0 Å². The Kier molecular flexibility index (Phi) is 13.4. The number of aryl methyl sites for hydroxylation is 2. The molecule has 6 aromatic rings. The number of ether oxygens (including phenoxy) is 3. The number of aromatic amines is 1. The molecule has 0 aliphatic carbocycles. The summed E-state index contributed by atoms with van der Waals surface area (Å²) in [5, 5.41) is 16.1. The van der Waals surface area contributed by atoms with E-state index in [1.807, 2.05) is 35.8 Å². The maximum Gasteiger partial charge on any atom is 0.287 e. The summed E-state index contributed by atoms with van der Waals surface area (Å²) in [6, 6.07) is 12.7. The van der Waals surface area contributed by atoms with Crippen LogP contribution < -0.4 is 21.9 Å². The third-order valence-electron chi connectivity index (χ3n) is 9.66. The first-order valence-corrected chi connectivity index (χ1v) is 20.3. The van der Waals surface area contributed by atoms with Crippen LogP contribution in [-0.2, 0) is 25.5 Å². The van der Waals surface area contributed by atoms with Crippen LogP contribution in [0.1, 0.15) is 61.9 Å². The van der Waals surface area contributed by atoms with Crippen molar-refractivity contribution in [3.8, 4) is 5.00 Å². The number of H-pyrrole nitrogens is 1. The maximum atomic E-state index is 13.5. The van der Waals surface area contributed by atoms with Gasteiger partial charge in [-0.3, -0.25) is 33.5 Å². The van der Waals surface area contributed by atoms with E-state index in [1.165, 1.54) is 16.7 Å². The second-order valence-electron chi connectivity index (χ2n) is 13.8. The van der Waals surface area contributed by atoms with E-state index < -0.39 is 23.3 Å². The fourth-order valence-electron chi connectivity index (χ4n) is 6.62. The van der Waals surface area contributed by atoms with Gasteiger partial charge in [-0.1, -0.05) is 35.9 Å². The number of halogens is 2. The van der Waals surface area contributed by atoms with Crippen molar-refractivity contribution in [2.45, 2.75) is 39.8 Å². The molecule has 2 aromatic carbocycles. The Balaban J connectivity index is 0.810. The van der Waals surface area contributed by atoms with Crippen molar-refractivity contribution in [2.75, 3.05) is 58.5 Å². The number of imidazole rings is 1. The lowest BCUT2D eigenvalue weighted by molar-refractivity contribution is -0.121. The lowest BCUT2D eigenvalue weighted by Crippen LogP contribution is -2.30. The fraction of sp³-hybridized carbons (Fsp3) is 0.350. The quantitative estimate of drug-likeness (QED) is 0.0906. The van der Waals surface area contributed by atoms with Crippen molar-refractivity contribution >= 4 is 57.6 Å². The number of fused-ring (bicyclic) bond motifs is 4. The highest BCUT2D eigenvalue weighted by molar-refractivity contribution is 7.15. The molecule has 0 fully saturated rings. The van der Waals surface area contributed by atoms with E-state index >= 15 is 0 Å². The summed E-state index contributed by atoms with van der Waals surface area (Å²) in [6.45, 7) is 8.30. The number of nitrogens with one attached hydrogen (secondary N) is 3. The first kappa shape index (κ1) is 42.3. The summed E-state index contributed by atoms with van der Waals surface area (Å²) in [5.41, 5.74) is 9.70. The van der Waals surface area contributed by atoms with Crippen LogP contribution in [0.5, 0.6) is 0 Å². The highest BCUT2D eigenvalue weighted by atomic mass is 35.5. The predicted molar refractivity (Wildman–Crippen MR) is 224 cm³/mol. The van der Waals surface area contributed by atoms with E-state index in [2.05, 4.69) is 49.6 Å². The van der Waals surface area contributed by atoms with Gasteiger partial charge in [0.25, 0.3) is 11.5 Å². The molecule has 20 heteroatoms. The molecule has 60 heavy (non-hydrogen) atoms. The fourth-order valence-corrected chi connectivity index (χ4v) is 7.96. The van der Waals surface area contributed by atoms with Gasteiger partial charge >= 0.3 is 0 Å². The third-order valence-corrected chi connectivity index (χ3v) is 11.1. The summed E-state index contributed by atoms with van der Waals surface area (Å²) in [7, 11) is 0. The number of hydrogen-bond donors (Lipinski definition) is 4. The zero-order chi connectivity index (χ0) is 42.3. The molecule has 5 heterocycles. The van der Waals surface area contributed by atoms with Crippen molar-refractivity contribution in [1.82, 2.24) is 44.9 Å². The van der Waals surface area contributed by atoms with E-state index in [1.54, 1.807) is 23.5 Å². The molecule has 314 valence electrons. The van der Waals surface area contributed by atoms with Crippen LogP contribution in [0.4, 0.5) is 10.3 Å². The highest BCUT2D eigenvalue weighted by Gasteiger charge is 2.32. The topological polar surface area (TPSA) is 219 Å². The third kappa shape index (κ3) is 9.61. The van der Waals surface area contributed by atoms with Gasteiger partial charge in [0.2, 0.25) is 17.7 Å². The van der Waals surface area contributed by atoms with Gasteiger partial charge in [-0.15, -0.1) is 21.5 Å². The van der Waals surface area contributed by atoms with E-state index in [0.29, 0.717) is 42.8 Å². The van der Waals surface area contributed by atoms with Crippen molar-refractivity contribution in [1.29, 1.82) is 0 Å². The van der Waals surface area contributed by atoms with Gasteiger partial charge in [0, 0.05) is 34.1 Å². The Hall–Kier alpha value is -5.86. The molecule has 0 bridgehead atoms. The summed E-state index contributed by atoms with van der Waals surface area (Å²) in [5.74, 6) is -0.00590. The summed E-state index contributed by atoms with van der Waals surface area (Å²) >= 11 is 7.86. The molecular formula is C40H43ClFN11O6S. The van der Waals surface area contributed by atoms with Gasteiger partial charge < -0.3 is 30.6 Å². The molecule has 0 spiro atoms. The Morgan fingerprint density at radius 3 is 2.28 bits per heavy atom. The minimum Gasteiger partial charge on any atom is -0.377 e. The summed E-state index contributed by atoms with van der Waals surface area (Å²) in [6.07, 6.45) is 0.0716. The smallest absolute Gasteiger partial charge is 0.287 e. The standard InChI is InChI=1S/C40H43ClFN11O6S/c1-22-23(2)60-39-31(22)32(26-6-8-27(41)9-7-26)46-29(34-51-50-24(3)53(34)39)20-30(54)44-12-14-57-16-18-59-19-17-58-15-13-45-38(56)36-47-33-35(48-40(43)49-37(33)55)52(36)21-25-4-10-28(42)11-5-25/h4-11,29H,12-21H2,1-3H3,(H,44,54)(H,45,56)(H3,43,48,49,55)/t29-/m0/s1. The molecule has 0 saturated heterocycles. The van der Waals surface area contributed by atoms with Crippen LogP contribution in [0.25, 0.3) is 16.2 Å². The summed E-state index contributed by atoms with van der Waals surface area (Å²) in [4.78, 5) is 55.8. The Morgan fingerprint density at radius 1 is 0.917 bits per heavy atom. The molecule has 17 nitrogen and oxygen atoms in total. The van der Waals surface area contributed by atoms with Gasteiger partial charge in [0.1, 0.15) is 22.7 Å². The van der Waals surface area contributed by atoms with E-state index in [9.17, 15) is 18.8 Å². The number of benzene rings is 2. The van der Waals surface area contributed by atoms with Crippen molar-refractivity contribution < 1.29 is 28.2 Å². The number of aromatic nitrogens is 7. The number of hydrogen-bond acceptors (Lipinski definition) is 13. The SMILES string of the molecule is Cc1sc2c(c1C)C(c1ccc(Cl)cc1)=N[C@@H](CC(=O)NCCOCCOCCOCCNC(=O)c1nc3c(=O)[nH]c(N)nc3n1Cc1ccc(F)cc1)c1nnc(C)n1-2. The number of thiophene rings is 1. The first-order valence-electron chi connectivity index (χ1n) is 19.1. The molecule has 0 radical (unpaired) electrons. The largest absolute Gasteiger partial charge is 0.377 e. The number of carbonyl (C=O) groups is 2. The van der Waals surface area contributed by atoms with E-state index in [4.69, 9.17) is 36.5 Å². The Morgan fingerprint density at radius 2 is 1.58 bits per heavy atom. The molecule has 0 unspecified atom stereocenters. The van der Waals surface area contributed by atoms with Crippen molar-refractivity contribution in [3.05, 3.63) is 114 Å². The number of carbonyl (C=O) groups excluding carboxylic acids is 2. The number of amides is 2. The number of nitrogens with two attached hydrogens (primary N) is 1. The Bertz CT molecular complexity index is 2590. The maximum absolute atomic E-state index is 13.5. The Labute approximate surface area is 352 Å². The van der Waals surface area contributed by atoms with Crippen LogP contribution in [-0.4, -0.2) is 105 Å². The van der Waals surface area contributed by atoms with E-state index in [-0.39, 0.29) is 68.2 Å². The average Bonchev–Trinajstić information content (AvgIpc) is 3.85. The molecule has 7 rings (SSSR count). The minimum absolute atomic E-state index is 0.0476. The van der Waals surface area contributed by atoms with Crippen LogP contribution in [0.15, 0.2) is 58.3 Å². The zero-order valence-corrected chi connectivity index (χ0v) is 34.7.